The zero-order valence-corrected chi connectivity index (χ0v) is 13.1. The molecule has 2 N–H and O–H groups in total. The van der Waals surface area contributed by atoms with Crippen LogP contribution in [0.5, 0.6) is 0 Å². The van der Waals surface area contributed by atoms with Crippen LogP contribution in [0, 0.1) is 29.3 Å². The number of piperidine rings is 1. The molecule has 0 bridgehead atoms. The first-order valence-corrected chi connectivity index (χ1v) is 7.12. The first kappa shape index (κ1) is 18.8. The van der Waals surface area contributed by atoms with Gasteiger partial charge in [0.25, 0.3) is 0 Å². The number of carbonyl (C=O) groups is 1. The number of hydrogen-bond donors (Lipinski definition) is 2. The highest BCUT2D eigenvalue weighted by Gasteiger charge is 2.22. The molecule has 22 heavy (non-hydrogen) atoms. The molecule has 1 saturated heterocycles. The van der Waals surface area contributed by atoms with E-state index in [1.165, 1.54) is 0 Å². The minimum absolute atomic E-state index is 0. The van der Waals surface area contributed by atoms with Gasteiger partial charge in [0.05, 0.1) is 5.69 Å². The summed E-state index contributed by atoms with van der Waals surface area (Å²) >= 11 is 0. The van der Waals surface area contributed by atoms with Crippen molar-refractivity contribution in [1.82, 2.24) is 5.32 Å². The Labute approximate surface area is 134 Å². The van der Waals surface area contributed by atoms with E-state index in [2.05, 4.69) is 10.6 Å². The Bertz CT molecular complexity index is 522. The zero-order chi connectivity index (χ0) is 15.4. The molecule has 1 fully saturated rings. The summed E-state index contributed by atoms with van der Waals surface area (Å²) in [6, 6.07) is 1.10. The molecular formula is C15H20ClF3N2O. The fourth-order valence-corrected chi connectivity index (χ4v) is 2.69. The van der Waals surface area contributed by atoms with Crippen molar-refractivity contribution < 1.29 is 18.0 Å². The summed E-state index contributed by atoms with van der Waals surface area (Å²) in [6.07, 6.45) is 2.26. The summed E-state index contributed by atoms with van der Waals surface area (Å²) in [7, 11) is 0. The molecule has 0 spiro atoms. The lowest BCUT2D eigenvalue weighted by molar-refractivity contribution is -0.117. The summed E-state index contributed by atoms with van der Waals surface area (Å²) in [5.74, 6) is -3.19. The molecule has 1 amide bonds. The molecule has 1 atom stereocenters. The van der Waals surface area contributed by atoms with E-state index in [1.807, 2.05) is 6.92 Å². The molecule has 7 heteroatoms. The molecular weight excluding hydrogens is 317 g/mol. The molecule has 0 aliphatic carbocycles. The number of hydrogen-bond acceptors (Lipinski definition) is 2. The van der Waals surface area contributed by atoms with E-state index in [9.17, 15) is 18.0 Å². The van der Waals surface area contributed by atoms with Crippen molar-refractivity contribution in [2.45, 2.75) is 26.2 Å². The third-order valence-electron chi connectivity index (χ3n) is 3.98. The highest BCUT2D eigenvalue weighted by Crippen LogP contribution is 2.25. The molecule has 1 aromatic carbocycles. The highest BCUT2D eigenvalue weighted by molar-refractivity contribution is 5.91. The monoisotopic (exact) mass is 336 g/mol. The van der Waals surface area contributed by atoms with Crippen molar-refractivity contribution in [3.8, 4) is 0 Å². The van der Waals surface area contributed by atoms with Crippen LogP contribution in [0.15, 0.2) is 12.1 Å². The van der Waals surface area contributed by atoms with Crippen LogP contribution in [-0.4, -0.2) is 19.0 Å². The van der Waals surface area contributed by atoms with E-state index in [0.29, 0.717) is 18.1 Å². The predicted molar refractivity (Wildman–Crippen MR) is 81.6 cm³/mol. The number of benzene rings is 1. The summed E-state index contributed by atoms with van der Waals surface area (Å²) in [5.41, 5.74) is -0.323. The van der Waals surface area contributed by atoms with Gasteiger partial charge in [-0.2, -0.15) is 0 Å². The molecule has 1 aromatic rings. The quantitative estimate of drug-likeness (QED) is 0.826. The third kappa shape index (κ3) is 4.88. The Morgan fingerprint density at radius 3 is 2.45 bits per heavy atom. The highest BCUT2D eigenvalue weighted by atomic mass is 35.5. The van der Waals surface area contributed by atoms with E-state index in [1.54, 1.807) is 0 Å². The number of anilines is 1. The van der Waals surface area contributed by atoms with Crippen molar-refractivity contribution in [2.24, 2.45) is 11.8 Å². The van der Waals surface area contributed by atoms with Crippen LogP contribution in [0.1, 0.15) is 26.2 Å². The summed E-state index contributed by atoms with van der Waals surface area (Å²) < 4.78 is 39.3. The van der Waals surface area contributed by atoms with Gasteiger partial charge < -0.3 is 10.6 Å². The van der Waals surface area contributed by atoms with Gasteiger partial charge in [0.1, 0.15) is 5.82 Å². The molecule has 3 nitrogen and oxygen atoms in total. The van der Waals surface area contributed by atoms with E-state index < -0.39 is 17.5 Å². The largest absolute Gasteiger partial charge is 0.323 e. The van der Waals surface area contributed by atoms with Gasteiger partial charge in [-0.3, -0.25) is 4.79 Å². The van der Waals surface area contributed by atoms with Gasteiger partial charge in [0.2, 0.25) is 5.91 Å². The number of halogens is 4. The van der Waals surface area contributed by atoms with Crippen molar-refractivity contribution in [3.63, 3.8) is 0 Å². The minimum atomic E-state index is -1.27. The molecule has 1 unspecified atom stereocenters. The summed E-state index contributed by atoms with van der Waals surface area (Å²) in [6.45, 7) is 3.86. The van der Waals surface area contributed by atoms with Crippen LogP contribution >= 0.6 is 12.4 Å². The summed E-state index contributed by atoms with van der Waals surface area (Å²) in [4.78, 5) is 11.9. The first-order chi connectivity index (χ1) is 9.97. The molecule has 124 valence electrons. The van der Waals surface area contributed by atoms with Crippen LogP contribution in [0.2, 0.25) is 0 Å². The van der Waals surface area contributed by atoms with Gasteiger partial charge in [-0.15, -0.1) is 12.4 Å². The van der Waals surface area contributed by atoms with Crippen molar-refractivity contribution in [3.05, 3.63) is 29.6 Å². The molecule has 0 radical (unpaired) electrons. The van der Waals surface area contributed by atoms with Crippen LogP contribution in [0.4, 0.5) is 18.9 Å². The molecule has 0 saturated carbocycles. The van der Waals surface area contributed by atoms with Gasteiger partial charge in [0, 0.05) is 18.6 Å². The van der Waals surface area contributed by atoms with Crippen LogP contribution in [-0.2, 0) is 4.79 Å². The second kappa shape index (κ2) is 8.39. The van der Waals surface area contributed by atoms with Crippen molar-refractivity contribution in [1.29, 1.82) is 0 Å². The smallest absolute Gasteiger partial charge is 0.224 e. The molecule has 0 aromatic heterocycles. The minimum Gasteiger partial charge on any atom is -0.323 e. The number of carbonyl (C=O) groups excluding carboxylic acids is 1. The normalized spacial score (nSPS) is 16.7. The lowest BCUT2D eigenvalue weighted by Gasteiger charge is -2.27. The predicted octanol–water partition coefficient (Wildman–Crippen LogP) is 3.49. The van der Waals surface area contributed by atoms with Crippen LogP contribution in [0.25, 0.3) is 0 Å². The Morgan fingerprint density at radius 2 is 1.82 bits per heavy atom. The average Bonchev–Trinajstić information content (AvgIpc) is 2.45. The van der Waals surface area contributed by atoms with E-state index in [4.69, 9.17) is 0 Å². The van der Waals surface area contributed by atoms with E-state index in [0.717, 1.165) is 25.9 Å². The van der Waals surface area contributed by atoms with Gasteiger partial charge in [-0.25, -0.2) is 13.2 Å². The Kier molecular flexibility index (Phi) is 7.16. The first-order valence-electron chi connectivity index (χ1n) is 7.12. The molecule has 1 heterocycles. The maximum absolute atomic E-state index is 13.5. The molecule has 1 aliphatic heterocycles. The molecule has 1 aliphatic rings. The topological polar surface area (TPSA) is 41.1 Å². The number of nitrogens with one attached hydrogen (secondary N) is 2. The number of rotatable bonds is 4. The van der Waals surface area contributed by atoms with Gasteiger partial charge in [0.15, 0.2) is 11.6 Å². The maximum Gasteiger partial charge on any atom is 0.224 e. The number of amides is 1. The van der Waals surface area contributed by atoms with Gasteiger partial charge in [-0.1, -0.05) is 6.92 Å². The maximum atomic E-state index is 13.5. The third-order valence-corrected chi connectivity index (χ3v) is 3.98. The second-order valence-corrected chi connectivity index (χ2v) is 5.56. The van der Waals surface area contributed by atoms with Gasteiger partial charge in [-0.05, 0) is 37.8 Å². The second-order valence-electron chi connectivity index (χ2n) is 5.56. The van der Waals surface area contributed by atoms with E-state index >= 15 is 0 Å². The SMILES string of the molecule is CC(CC(=O)Nc1cc(F)c(F)cc1F)C1CCNCC1.Cl. The lowest BCUT2D eigenvalue weighted by atomic mass is 9.84. The van der Waals surface area contributed by atoms with Crippen molar-refractivity contribution in [2.75, 3.05) is 18.4 Å². The van der Waals surface area contributed by atoms with E-state index in [-0.39, 0.29) is 36.3 Å². The fraction of sp³-hybridized carbons (Fsp3) is 0.533. The zero-order valence-electron chi connectivity index (χ0n) is 12.3. The Hall–Kier alpha value is -1.27. The molecule has 2 rings (SSSR count). The van der Waals surface area contributed by atoms with Crippen LogP contribution < -0.4 is 10.6 Å². The van der Waals surface area contributed by atoms with Crippen LogP contribution in [0.3, 0.4) is 0 Å². The lowest BCUT2D eigenvalue weighted by Crippen LogP contribution is -2.32. The average molecular weight is 337 g/mol. The van der Waals surface area contributed by atoms with Crippen molar-refractivity contribution >= 4 is 24.0 Å². The van der Waals surface area contributed by atoms with Gasteiger partial charge >= 0.3 is 0 Å². The Balaban J connectivity index is 0.00000242. The Morgan fingerprint density at radius 1 is 1.23 bits per heavy atom. The fourth-order valence-electron chi connectivity index (χ4n) is 2.69. The summed E-state index contributed by atoms with van der Waals surface area (Å²) in [5, 5.41) is 5.57. The standard InChI is InChI=1S/C15H19F3N2O.ClH/c1-9(10-2-4-19-5-3-10)6-15(21)20-14-8-12(17)11(16)7-13(14)18;/h7-10,19H,2-6H2,1H3,(H,20,21);1H.